The highest BCUT2D eigenvalue weighted by Gasteiger charge is 2.35. The second-order valence-corrected chi connectivity index (χ2v) is 7.21. The number of amides is 4. The number of carbonyl (C=O) groups is 3. The van der Waals surface area contributed by atoms with Gasteiger partial charge in [0.1, 0.15) is 0 Å². The molecule has 0 aliphatic carbocycles. The Morgan fingerprint density at radius 1 is 1.04 bits per heavy atom. The zero-order valence-corrected chi connectivity index (χ0v) is 16.0. The first-order valence-electron chi connectivity index (χ1n) is 9.22. The minimum absolute atomic E-state index is 0.184. The summed E-state index contributed by atoms with van der Waals surface area (Å²) in [6, 6.07) is 12.0. The van der Waals surface area contributed by atoms with E-state index in [1.807, 2.05) is 38.1 Å². The number of imide groups is 1. The lowest BCUT2D eigenvalue weighted by Gasteiger charge is -2.15. The van der Waals surface area contributed by atoms with Gasteiger partial charge in [-0.1, -0.05) is 38.1 Å². The number of nitrogens with two attached hydrogens (primary N) is 1. The molecule has 4 N–H and O–H groups in total. The Hall–Kier alpha value is -3.19. The van der Waals surface area contributed by atoms with E-state index in [0.717, 1.165) is 11.1 Å². The van der Waals surface area contributed by atoms with Crippen LogP contribution in [0.1, 0.15) is 45.7 Å². The molecule has 7 heteroatoms. The average Bonchev–Trinajstić information content (AvgIpc) is 2.91. The molecule has 0 radical (unpaired) electrons. The van der Waals surface area contributed by atoms with Gasteiger partial charge < -0.3 is 16.4 Å². The topological polar surface area (TPSA) is 105 Å². The summed E-state index contributed by atoms with van der Waals surface area (Å²) >= 11 is 0. The SMILES string of the molecule is CC(C)CN1C(=O)c2ccc(NC(=O)NCc3cccc(CN)c3)cc2C1=O. The fourth-order valence-electron chi connectivity index (χ4n) is 3.12. The van der Waals surface area contributed by atoms with Gasteiger partial charge >= 0.3 is 6.03 Å². The zero-order valence-electron chi connectivity index (χ0n) is 16.0. The number of rotatable bonds is 6. The van der Waals surface area contributed by atoms with Crippen molar-refractivity contribution in [3.05, 3.63) is 64.7 Å². The molecule has 2 aromatic rings. The number of nitrogens with one attached hydrogen (secondary N) is 2. The van der Waals surface area contributed by atoms with E-state index in [0.29, 0.717) is 36.4 Å². The smallest absolute Gasteiger partial charge is 0.319 e. The monoisotopic (exact) mass is 380 g/mol. The Balaban J connectivity index is 1.64. The fraction of sp³-hybridized carbons (Fsp3) is 0.286. The van der Waals surface area contributed by atoms with Crippen molar-refractivity contribution in [1.82, 2.24) is 10.2 Å². The summed E-state index contributed by atoms with van der Waals surface area (Å²) in [5, 5.41) is 5.47. The van der Waals surface area contributed by atoms with Crippen molar-refractivity contribution in [2.75, 3.05) is 11.9 Å². The molecule has 3 rings (SSSR count). The summed E-state index contributed by atoms with van der Waals surface area (Å²) in [4.78, 5) is 38.3. The predicted molar refractivity (Wildman–Crippen MR) is 107 cm³/mol. The summed E-state index contributed by atoms with van der Waals surface area (Å²) < 4.78 is 0. The average molecular weight is 380 g/mol. The Morgan fingerprint density at radius 2 is 1.75 bits per heavy atom. The third kappa shape index (κ3) is 4.20. The zero-order chi connectivity index (χ0) is 20.3. The summed E-state index contributed by atoms with van der Waals surface area (Å²) in [6.45, 7) is 5.06. The first-order valence-corrected chi connectivity index (χ1v) is 9.22. The maximum Gasteiger partial charge on any atom is 0.319 e. The molecule has 0 saturated heterocycles. The van der Waals surface area contributed by atoms with Gasteiger partial charge in [-0.05, 0) is 35.2 Å². The minimum atomic E-state index is -0.395. The summed E-state index contributed by atoms with van der Waals surface area (Å²) in [6.07, 6.45) is 0. The molecule has 0 fully saturated rings. The maximum absolute atomic E-state index is 12.5. The molecule has 0 unspecified atom stereocenters. The number of carbonyl (C=O) groups excluding carboxylic acids is 3. The normalized spacial score (nSPS) is 13.1. The first-order chi connectivity index (χ1) is 13.4. The van der Waals surface area contributed by atoms with Crippen LogP contribution in [0, 0.1) is 5.92 Å². The van der Waals surface area contributed by atoms with Crippen molar-refractivity contribution in [2.45, 2.75) is 26.9 Å². The lowest BCUT2D eigenvalue weighted by molar-refractivity contribution is 0.0636. The second kappa shape index (κ2) is 8.22. The van der Waals surface area contributed by atoms with Gasteiger partial charge in [-0.15, -0.1) is 0 Å². The van der Waals surface area contributed by atoms with Gasteiger partial charge in [0, 0.05) is 25.3 Å². The van der Waals surface area contributed by atoms with E-state index in [1.54, 1.807) is 18.2 Å². The van der Waals surface area contributed by atoms with Crippen LogP contribution in [0.5, 0.6) is 0 Å². The van der Waals surface area contributed by atoms with Gasteiger partial charge in [0.05, 0.1) is 11.1 Å². The van der Waals surface area contributed by atoms with Crippen LogP contribution in [0.15, 0.2) is 42.5 Å². The van der Waals surface area contributed by atoms with E-state index in [-0.39, 0.29) is 17.7 Å². The van der Waals surface area contributed by atoms with Crippen LogP contribution in [0.25, 0.3) is 0 Å². The fourth-order valence-corrected chi connectivity index (χ4v) is 3.12. The Kier molecular flexibility index (Phi) is 5.75. The molecule has 0 atom stereocenters. The van der Waals surface area contributed by atoms with Crippen LogP contribution in [-0.4, -0.2) is 29.3 Å². The highest BCUT2D eigenvalue weighted by Crippen LogP contribution is 2.26. The van der Waals surface area contributed by atoms with Crippen molar-refractivity contribution >= 4 is 23.5 Å². The van der Waals surface area contributed by atoms with Crippen LogP contribution in [0.2, 0.25) is 0 Å². The van der Waals surface area contributed by atoms with Gasteiger partial charge in [-0.25, -0.2) is 4.79 Å². The predicted octanol–water partition coefficient (Wildman–Crippen LogP) is 2.72. The molecule has 146 valence electrons. The lowest BCUT2D eigenvalue weighted by Crippen LogP contribution is -2.33. The van der Waals surface area contributed by atoms with Crippen molar-refractivity contribution in [2.24, 2.45) is 11.7 Å². The largest absolute Gasteiger partial charge is 0.334 e. The quantitative estimate of drug-likeness (QED) is 0.670. The van der Waals surface area contributed by atoms with Crippen molar-refractivity contribution < 1.29 is 14.4 Å². The number of hydrogen-bond acceptors (Lipinski definition) is 4. The van der Waals surface area contributed by atoms with Gasteiger partial charge in [-0.2, -0.15) is 0 Å². The van der Waals surface area contributed by atoms with Crippen LogP contribution < -0.4 is 16.4 Å². The molecular formula is C21H24N4O3. The standard InChI is InChI=1S/C21H24N4O3/c1-13(2)12-25-19(26)17-7-6-16(9-18(17)20(25)27)24-21(28)23-11-15-5-3-4-14(8-15)10-22/h3-9,13H,10-12,22H2,1-2H3,(H2,23,24,28). The molecule has 1 aliphatic heterocycles. The molecule has 0 bridgehead atoms. The van der Waals surface area contributed by atoms with Gasteiger partial charge in [0.15, 0.2) is 0 Å². The molecule has 28 heavy (non-hydrogen) atoms. The number of nitrogens with zero attached hydrogens (tertiary/aromatic N) is 1. The number of fused-ring (bicyclic) bond motifs is 1. The molecule has 0 aromatic heterocycles. The minimum Gasteiger partial charge on any atom is -0.334 e. The highest BCUT2D eigenvalue weighted by molar-refractivity contribution is 6.21. The van der Waals surface area contributed by atoms with E-state index in [1.165, 1.54) is 4.90 Å². The molecule has 1 aliphatic rings. The molecule has 0 saturated carbocycles. The Labute approximate surface area is 163 Å². The first kappa shape index (κ1) is 19.6. The molecule has 7 nitrogen and oxygen atoms in total. The van der Waals surface area contributed by atoms with Crippen molar-refractivity contribution in [3.8, 4) is 0 Å². The van der Waals surface area contributed by atoms with Crippen LogP contribution in [-0.2, 0) is 13.1 Å². The molecular weight excluding hydrogens is 356 g/mol. The summed E-state index contributed by atoms with van der Waals surface area (Å²) in [5.74, 6) is -0.427. The number of hydrogen-bond donors (Lipinski definition) is 3. The van der Waals surface area contributed by atoms with Crippen LogP contribution in [0.3, 0.4) is 0 Å². The third-order valence-corrected chi connectivity index (χ3v) is 4.46. The molecule has 0 spiro atoms. The van der Waals surface area contributed by atoms with Crippen molar-refractivity contribution in [1.29, 1.82) is 0 Å². The van der Waals surface area contributed by atoms with Crippen LogP contribution in [0.4, 0.5) is 10.5 Å². The van der Waals surface area contributed by atoms with Crippen molar-refractivity contribution in [3.63, 3.8) is 0 Å². The van der Waals surface area contributed by atoms with E-state index in [9.17, 15) is 14.4 Å². The molecule has 1 heterocycles. The van der Waals surface area contributed by atoms with Gasteiger partial charge in [0.25, 0.3) is 11.8 Å². The second-order valence-electron chi connectivity index (χ2n) is 7.21. The maximum atomic E-state index is 12.5. The van der Waals surface area contributed by atoms with Crippen LogP contribution >= 0.6 is 0 Å². The van der Waals surface area contributed by atoms with Gasteiger partial charge in [0.2, 0.25) is 0 Å². The number of benzene rings is 2. The Bertz CT molecular complexity index is 924. The third-order valence-electron chi connectivity index (χ3n) is 4.46. The van der Waals surface area contributed by atoms with E-state index < -0.39 is 6.03 Å². The van der Waals surface area contributed by atoms with E-state index >= 15 is 0 Å². The highest BCUT2D eigenvalue weighted by atomic mass is 16.2. The summed E-state index contributed by atoms with van der Waals surface area (Å²) in [7, 11) is 0. The van der Waals surface area contributed by atoms with Gasteiger partial charge in [-0.3, -0.25) is 14.5 Å². The lowest BCUT2D eigenvalue weighted by atomic mass is 10.1. The molecule has 4 amide bonds. The number of anilines is 1. The Morgan fingerprint density at radius 3 is 2.46 bits per heavy atom. The van der Waals surface area contributed by atoms with E-state index in [4.69, 9.17) is 5.73 Å². The molecule has 2 aromatic carbocycles. The van der Waals surface area contributed by atoms with E-state index in [2.05, 4.69) is 10.6 Å². The summed E-state index contributed by atoms with van der Waals surface area (Å²) in [5.41, 5.74) is 8.71. The number of urea groups is 1.